The molecule has 1 amide bonds. The predicted molar refractivity (Wildman–Crippen MR) is 77.0 cm³/mol. The van der Waals surface area contributed by atoms with Gasteiger partial charge in [-0.25, -0.2) is 0 Å². The van der Waals surface area contributed by atoms with E-state index >= 15 is 0 Å². The highest BCUT2D eigenvalue weighted by Crippen LogP contribution is 2.15. The van der Waals surface area contributed by atoms with Crippen molar-refractivity contribution in [1.82, 2.24) is 10.2 Å². The lowest BCUT2D eigenvalue weighted by Crippen LogP contribution is -2.51. The fourth-order valence-electron chi connectivity index (χ4n) is 2.48. The molecular formula is C14H29N3O2. The van der Waals surface area contributed by atoms with Gasteiger partial charge in [-0.15, -0.1) is 0 Å². The van der Waals surface area contributed by atoms with E-state index in [0.717, 1.165) is 39.1 Å². The van der Waals surface area contributed by atoms with Crippen LogP contribution >= 0.6 is 0 Å². The van der Waals surface area contributed by atoms with Crippen LogP contribution in [0.3, 0.4) is 0 Å². The van der Waals surface area contributed by atoms with Gasteiger partial charge in [0.1, 0.15) is 0 Å². The minimum atomic E-state index is -0.594. The number of primary amides is 1. The summed E-state index contributed by atoms with van der Waals surface area (Å²) < 4.78 is 5.66. The van der Waals surface area contributed by atoms with Crippen LogP contribution in [0.5, 0.6) is 0 Å². The zero-order chi connectivity index (χ0) is 14.3. The third kappa shape index (κ3) is 5.09. The summed E-state index contributed by atoms with van der Waals surface area (Å²) in [7, 11) is 1.79. The molecule has 0 radical (unpaired) electrons. The Kier molecular flexibility index (Phi) is 6.75. The van der Waals surface area contributed by atoms with Gasteiger partial charge in [0.2, 0.25) is 5.91 Å². The van der Waals surface area contributed by atoms with E-state index < -0.39 is 5.54 Å². The molecule has 0 bridgehead atoms. The number of hydrogen-bond acceptors (Lipinski definition) is 4. The van der Waals surface area contributed by atoms with Crippen LogP contribution in [0.15, 0.2) is 0 Å². The monoisotopic (exact) mass is 271 g/mol. The molecule has 2 unspecified atom stereocenters. The number of nitrogens with zero attached hydrogens (tertiary/aromatic N) is 1. The molecule has 19 heavy (non-hydrogen) atoms. The SMILES string of the molecule is CCN(CCCC(C)(NC)C(N)=O)CC1CCCO1. The Balaban J connectivity index is 2.30. The van der Waals surface area contributed by atoms with Gasteiger partial charge in [0.05, 0.1) is 11.6 Å². The molecule has 1 aliphatic heterocycles. The summed E-state index contributed by atoms with van der Waals surface area (Å²) >= 11 is 0. The Labute approximate surface area is 116 Å². The summed E-state index contributed by atoms with van der Waals surface area (Å²) in [6.07, 6.45) is 4.47. The van der Waals surface area contributed by atoms with E-state index in [9.17, 15) is 4.79 Å². The van der Waals surface area contributed by atoms with E-state index in [4.69, 9.17) is 10.5 Å². The van der Waals surface area contributed by atoms with E-state index in [0.29, 0.717) is 6.10 Å². The second-order valence-corrected chi connectivity index (χ2v) is 5.58. The normalized spacial score (nSPS) is 22.6. The minimum Gasteiger partial charge on any atom is -0.377 e. The largest absolute Gasteiger partial charge is 0.377 e. The minimum absolute atomic E-state index is 0.280. The Morgan fingerprint density at radius 2 is 2.32 bits per heavy atom. The number of carbonyl (C=O) groups excluding carboxylic acids is 1. The van der Waals surface area contributed by atoms with Crippen molar-refractivity contribution in [3.63, 3.8) is 0 Å². The number of nitrogens with one attached hydrogen (secondary N) is 1. The van der Waals surface area contributed by atoms with Crippen LogP contribution in [0.2, 0.25) is 0 Å². The molecule has 5 nitrogen and oxygen atoms in total. The summed E-state index contributed by atoms with van der Waals surface area (Å²) in [4.78, 5) is 13.8. The number of nitrogens with two attached hydrogens (primary N) is 1. The smallest absolute Gasteiger partial charge is 0.237 e. The zero-order valence-electron chi connectivity index (χ0n) is 12.6. The lowest BCUT2D eigenvalue weighted by molar-refractivity contribution is -0.123. The molecule has 112 valence electrons. The summed E-state index contributed by atoms with van der Waals surface area (Å²) in [5.74, 6) is -0.280. The quantitative estimate of drug-likeness (QED) is 0.649. The van der Waals surface area contributed by atoms with E-state index in [1.807, 2.05) is 6.92 Å². The molecule has 0 saturated carbocycles. The predicted octanol–water partition coefficient (Wildman–Crippen LogP) is 0.731. The van der Waals surface area contributed by atoms with Gasteiger partial charge in [0.15, 0.2) is 0 Å². The van der Waals surface area contributed by atoms with Gasteiger partial charge in [-0.3, -0.25) is 4.79 Å². The molecule has 1 aliphatic rings. The zero-order valence-corrected chi connectivity index (χ0v) is 12.6. The number of carbonyl (C=O) groups is 1. The third-order valence-corrected chi connectivity index (χ3v) is 4.18. The van der Waals surface area contributed by atoms with Crippen molar-refractivity contribution in [3.05, 3.63) is 0 Å². The van der Waals surface area contributed by atoms with E-state index in [2.05, 4.69) is 17.1 Å². The van der Waals surface area contributed by atoms with E-state index in [-0.39, 0.29) is 5.91 Å². The fraction of sp³-hybridized carbons (Fsp3) is 0.929. The summed E-state index contributed by atoms with van der Waals surface area (Å²) in [6, 6.07) is 0. The van der Waals surface area contributed by atoms with Crippen molar-refractivity contribution in [2.45, 2.75) is 51.2 Å². The average Bonchev–Trinajstić information content (AvgIpc) is 2.89. The third-order valence-electron chi connectivity index (χ3n) is 4.18. The van der Waals surface area contributed by atoms with Crippen LogP contribution in [-0.2, 0) is 9.53 Å². The Bertz CT molecular complexity index is 280. The second-order valence-electron chi connectivity index (χ2n) is 5.58. The number of amides is 1. The van der Waals surface area contributed by atoms with Crippen LogP contribution in [0, 0.1) is 0 Å². The van der Waals surface area contributed by atoms with Crippen molar-refractivity contribution in [2.24, 2.45) is 5.73 Å². The van der Waals surface area contributed by atoms with Gasteiger partial charge in [-0.2, -0.15) is 0 Å². The van der Waals surface area contributed by atoms with Crippen molar-refractivity contribution < 1.29 is 9.53 Å². The summed E-state index contributed by atoms with van der Waals surface area (Å²) in [5, 5.41) is 3.03. The maximum atomic E-state index is 11.4. The number of rotatable bonds is 9. The molecule has 0 aliphatic carbocycles. The van der Waals surface area contributed by atoms with Gasteiger partial charge in [0, 0.05) is 13.2 Å². The highest BCUT2D eigenvalue weighted by molar-refractivity contribution is 5.84. The van der Waals surface area contributed by atoms with Crippen LogP contribution in [0.25, 0.3) is 0 Å². The molecule has 1 rings (SSSR count). The standard InChI is InChI=1S/C14H29N3O2/c1-4-17(11-12-7-5-10-19-12)9-6-8-14(2,16-3)13(15)18/h12,16H,4-11H2,1-3H3,(H2,15,18). The van der Waals surface area contributed by atoms with Crippen molar-refractivity contribution in [1.29, 1.82) is 0 Å². The summed E-state index contributed by atoms with van der Waals surface area (Å²) in [6.45, 7) is 7.95. The second kappa shape index (κ2) is 7.82. The fourth-order valence-corrected chi connectivity index (χ4v) is 2.48. The molecule has 0 aromatic heterocycles. The van der Waals surface area contributed by atoms with Gasteiger partial charge in [-0.1, -0.05) is 6.92 Å². The maximum absolute atomic E-state index is 11.4. The van der Waals surface area contributed by atoms with Crippen LogP contribution in [-0.4, -0.2) is 55.7 Å². The van der Waals surface area contributed by atoms with E-state index in [1.54, 1.807) is 7.05 Å². The first-order valence-corrected chi connectivity index (χ1v) is 7.34. The lowest BCUT2D eigenvalue weighted by Gasteiger charge is -2.28. The summed E-state index contributed by atoms with van der Waals surface area (Å²) in [5.41, 5.74) is 4.83. The Hall–Kier alpha value is -0.650. The molecule has 0 spiro atoms. The first-order chi connectivity index (χ1) is 9.01. The lowest BCUT2D eigenvalue weighted by atomic mass is 9.95. The van der Waals surface area contributed by atoms with Gasteiger partial charge < -0.3 is 20.7 Å². The molecular weight excluding hydrogens is 242 g/mol. The topological polar surface area (TPSA) is 67.6 Å². The molecule has 0 aromatic rings. The van der Waals surface area contributed by atoms with E-state index in [1.165, 1.54) is 12.8 Å². The molecule has 1 heterocycles. The molecule has 5 heteroatoms. The molecule has 2 atom stereocenters. The highest BCUT2D eigenvalue weighted by Gasteiger charge is 2.28. The highest BCUT2D eigenvalue weighted by atomic mass is 16.5. The van der Waals surface area contributed by atoms with Crippen molar-refractivity contribution in [3.8, 4) is 0 Å². The Morgan fingerprint density at radius 3 is 2.79 bits per heavy atom. The van der Waals surface area contributed by atoms with Gasteiger partial charge in [-0.05, 0) is 52.7 Å². The van der Waals surface area contributed by atoms with Crippen LogP contribution in [0.1, 0.15) is 39.5 Å². The number of hydrogen-bond donors (Lipinski definition) is 2. The molecule has 3 N–H and O–H groups in total. The Morgan fingerprint density at radius 1 is 1.58 bits per heavy atom. The first kappa shape index (κ1) is 16.4. The van der Waals surface area contributed by atoms with Crippen molar-refractivity contribution >= 4 is 5.91 Å². The maximum Gasteiger partial charge on any atom is 0.237 e. The molecule has 1 saturated heterocycles. The number of likely N-dealkylation sites (N-methyl/N-ethyl adjacent to an activating group) is 2. The number of ether oxygens (including phenoxy) is 1. The molecule has 1 fully saturated rings. The van der Waals surface area contributed by atoms with Gasteiger partial charge >= 0.3 is 0 Å². The first-order valence-electron chi connectivity index (χ1n) is 7.34. The average molecular weight is 271 g/mol. The molecule has 0 aromatic carbocycles. The van der Waals surface area contributed by atoms with Crippen molar-refractivity contribution in [2.75, 3.05) is 33.3 Å². The van der Waals surface area contributed by atoms with Crippen LogP contribution in [0.4, 0.5) is 0 Å². The van der Waals surface area contributed by atoms with Crippen LogP contribution < -0.4 is 11.1 Å². The van der Waals surface area contributed by atoms with Gasteiger partial charge in [0.25, 0.3) is 0 Å².